The van der Waals surface area contributed by atoms with E-state index in [2.05, 4.69) is 10.6 Å². The summed E-state index contributed by atoms with van der Waals surface area (Å²) in [6.45, 7) is 5.81. The summed E-state index contributed by atoms with van der Waals surface area (Å²) in [4.78, 5) is 11.8. The number of amides is 1. The molecular weight excluding hydrogens is 252 g/mol. The number of sulfone groups is 1. The molecule has 5 nitrogen and oxygen atoms in total. The van der Waals surface area contributed by atoms with Crippen LogP contribution in [0.1, 0.15) is 40.0 Å². The summed E-state index contributed by atoms with van der Waals surface area (Å²) in [5, 5.41) is 6.12. The van der Waals surface area contributed by atoms with Crippen molar-refractivity contribution in [3.05, 3.63) is 0 Å². The summed E-state index contributed by atoms with van der Waals surface area (Å²) >= 11 is 0. The highest BCUT2D eigenvalue weighted by molar-refractivity contribution is 7.91. The molecule has 2 unspecified atom stereocenters. The van der Waals surface area contributed by atoms with Gasteiger partial charge in [-0.1, -0.05) is 6.92 Å². The minimum atomic E-state index is -2.84. The Bertz CT molecular complexity index is 367. The number of nitrogens with one attached hydrogen (secondary N) is 2. The molecule has 0 bridgehead atoms. The molecule has 6 heteroatoms. The van der Waals surface area contributed by atoms with Crippen LogP contribution < -0.4 is 10.6 Å². The Balaban J connectivity index is 2.36. The molecule has 1 rings (SSSR count). The van der Waals surface area contributed by atoms with Crippen molar-refractivity contribution in [2.24, 2.45) is 0 Å². The highest BCUT2D eigenvalue weighted by Crippen LogP contribution is 2.12. The van der Waals surface area contributed by atoms with Gasteiger partial charge in [0, 0.05) is 12.1 Å². The second-order valence-corrected chi connectivity index (χ2v) is 7.44. The summed E-state index contributed by atoms with van der Waals surface area (Å²) in [6.07, 6.45) is 2.10. The first-order valence-corrected chi connectivity index (χ1v) is 8.43. The topological polar surface area (TPSA) is 75.3 Å². The van der Waals surface area contributed by atoms with Crippen molar-refractivity contribution >= 4 is 15.7 Å². The fourth-order valence-electron chi connectivity index (χ4n) is 1.96. The molecular formula is C12H24N2O3S. The lowest BCUT2D eigenvalue weighted by atomic mass is 10.1. The SMILES string of the molecule is CCC(C)NC(=O)C(C)NC1CCS(=O)(=O)CC1. The first-order valence-electron chi connectivity index (χ1n) is 6.61. The molecule has 0 aliphatic carbocycles. The van der Waals surface area contributed by atoms with Gasteiger partial charge in [-0.25, -0.2) is 8.42 Å². The van der Waals surface area contributed by atoms with Crippen LogP contribution in [0.5, 0.6) is 0 Å². The molecule has 0 saturated carbocycles. The van der Waals surface area contributed by atoms with Crippen LogP contribution in [0.4, 0.5) is 0 Å². The van der Waals surface area contributed by atoms with Gasteiger partial charge in [0.1, 0.15) is 9.84 Å². The van der Waals surface area contributed by atoms with Gasteiger partial charge in [0.05, 0.1) is 17.5 Å². The summed E-state index contributed by atoms with van der Waals surface area (Å²) in [5.74, 6) is 0.437. The molecule has 1 fully saturated rings. The number of hydrogen-bond acceptors (Lipinski definition) is 4. The van der Waals surface area contributed by atoms with E-state index >= 15 is 0 Å². The molecule has 1 heterocycles. The van der Waals surface area contributed by atoms with E-state index in [1.165, 1.54) is 0 Å². The van der Waals surface area contributed by atoms with Gasteiger partial charge in [0.15, 0.2) is 0 Å². The maximum atomic E-state index is 11.8. The van der Waals surface area contributed by atoms with Crippen molar-refractivity contribution < 1.29 is 13.2 Å². The van der Waals surface area contributed by atoms with Crippen LogP contribution in [0, 0.1) is 0 Å². The van der Waals surface area contributed by atoms with Crippen LogP contribution in [0.2, 0.25) is 0 Å². The summed E-state index contributed by atoms with van der Waals surface area (Å²) < 4.78 is 22.6. The predicted octanol–water partition coefficient (Wildman–Crippen LogP) is 0.456. The third kappa shape index (κ3) is 4.94. The van der Waals surface area contributed by atoms with E-state index in [0.717, 1.165) is 6.42 Å². The minimum absolute atomic E-state index is 0.0159. The second-order valence-electron chi connectivity index (χ2n) is 5.13. The Morgan fingerprint density at radius 2 is 1.83 bits per heavy atom. The molecule has 1 aliphatic heterocycles. The maximum Gasteiger partial charge on any atom is 0.237 e. The lowest BCUT2D eigenvalue weighted by Gasteiger charge is -2.26. The van der Waals surface area contributed by atoms with Gasteiger partial charge < -0.3 is 10.6 Å². The van der Waals surface area contributed by atoms with E-state index in [-0.39, 0.29) is 35.5 Å². The highest BCUT2D eigenvalue weighted by Gasteiger charge is 2.26. The average Bonchev–Trinajstić information content (AvgIpc) is 2.31. The van der Waals surface area contributed by atoms with E-state index in [9.17, 15) is 13.2 Å². The van der Waals surface area contributed by atoms with E-state index in [1.807, 2.05) is 20.8 Å². The molecule has 2 atom stereocenters. The zero-order valence-corrected chi connectivity index (χ0v) is 12.2. The number of carbonyl (C=O) groups excluding carboxylic acids is 1. The van der Waals surface area contributed by atoms with Crippen LogP contribution >= 0.6 is 0 Å². The van der Waals surface area contributed by atoms with Crippen LogP contribution in [-0.2, 0) is 14.6 Å². The van der Waals surface area contributed by atoms with E-state index in [0.29, 0.717) is 12.8 Å². The Hall–Kier alpha value is -0.620. The Kier molecular flexibility index (Phi) is 5.59. The van der Waals surface area contributed by atoms with Crippen molar-refractivity contribution in [3.63, 3.8) is 0 Å². The molecule has 18 heavy (non-hydrogen) atoms. The number of hydrogen-bond donors (Lipinski definition) is 2. The zero-order valence-electron chi connectivity index (χ0n) is 11.4. The normalized spacial score (nSPS) is 23.3. The van der Waals surface area contributed by atoms with Crippen molar-refractivity contribution in [3.8, 4) is 0 Å². The highest BCUT2D eigenvalue weighted by atomic mass is 32.2. The quantitative estimate of drug-likeness (QED) is 0.765. The molecule has 0 aromatic rings. The summed E-state index contributed by atoms with van der Waals surface area (Å²) in [5.41, 5.74) is 0. The first kappa shape index (κ1) is 15.4. The largest absolute Gasteiger partial charge is 0.352 e. The van der Waals surface area contributed by atoms with Gasteiger partial charge in [-0.2, -0.15) is 0 Å². The summed E-state index contributed by atoms with van der Waals surface area (Å²) in [6, 6.07) is 0.0319. The first-order chi connectivity index (χ1) is 8.34. The Morgan fingerprint density at radius 3 is 2.33 bits per heavy atom. The molecule has 0 spiro atoms. The molecule has 0 radical (unpaired) electrons. The molecule has 106 valence electrons. The molecule has 0 aromatic heterocycles. The van der Waals surface area contributed by atoms with Gasteiger partial charge in [0.2, 0.25) is 5.91 Å². The Labute approximate surface area is 110 Å². The molecule has 1 amide bonds. The van der Waals surface area contributed by atoms with Crippen LogP contribution in [0.15, 0.2) is 0 Å². The standard InChI is InChI=1S/C12H24N2O3S/c1-4-9(2)13-12(15)10(3)14-11-5-7-18(16,17)8-6-11/h9-11,14H,4-8H2,1-3H3,(H,13,15). The Morgan fingerprint density at radius 1 is 1.28 bits per heavy atom. The van der Waals surface area contributed by atoms with Gasteiger partial charge >= 0.3 is 0 Å². The fourth-order valence-corrected chi connectivity index (χ4v) is 3.45. The fraction of sp³-hybridized carbons (Fsp3) is 0.917. The monoisotopic (exact) mass is 276 g/mol. The van der Waals surface area contributed by atoms with E-state index < -0.39 is 9.84 Å². The van der Waals surface area contributed by atoms with E-state index in [4.69, 9.17) is 0 Å². The van der Waals surface area contributed by atoms with Crippen LogP contribution in [-0.4, -0.2) is 44.0 Å². The third-order valence-corrected chi connectivity index (χ3v) is 5.15. The molecule has 0 aromatic carbocycles. The van der Waals surface area contributed by atoms with Gasteiger partial charge in [-0.15, -0.1) is 0 Å². The van der Waals surface area contributed by atoms with Crippen LogP contribution in [0.3, 0.4) is 0 Å². The minimum Gasteiger partial charge on any atom is -0.352 e. The smallest absolute Gasteiger partial charge is 0.237 e. The van der Waals surface area contributed by atoms with Gasteiger partial charge in [0.25, 0.3) is 0 Å². The predicted molar refractivity (Wildman–Crippen MR) is 72.2 cm³/mol. The van der Waals surface area contributed by atoms with Crippen molar-refractivity contribution in [1.82, 2.24) is 10.6 Å². The van der Waals surface area contributed by atoms with Gasteiger partial charge in [-0.3, -0.25) is 4.79 Å². The number of carbonyl (C=O) groups is 1. The molecule has 1 saturated heterocycles. The third-order valence-electron chi connectivity index (χ3n) is 3.43. The molecule has 1 aliphatic rings. The van der Waals surface area contributed by atoms with Crippen molar-refractivity contribution in [2.75, 3.05) is 11.5 Å². The number of rotatable bonds is 5. The van der Waals surface area contributed by atoms with Crippen molar-refractivity contribution in [1.29, 1.82) is 0 Å². The maximum absolute atomic E-state index is 11.8. The lowest BCUT2D eigenvalue weighted by molar-refractivity contribution is -0.123. The zero-order chi connectivity index (χ0) is 13.8. The second kappa shape index (κ2) is 6.52. The molecule has 2 N–H and O–H groups in total. The van der Waals surface area contributed by atoms with Crippen molar-refractivity contribution in [2.45, 2.75) is 58.2 Å². The lowest BCUT2D eigenvalue weighted by Crippen LogP contribution is -2.50. The van der Waals surface area contributed by atoms with Gasteiger partial charge in [-0.05, 0) is 33.1 Å². The van der Waals surface area contributed by atoms with Crippen LogP contribution in [0.25, 0.3) is 0 Å². The van der Waals surface area contributed by atoms with E-state index in [1.54, 1.807) is 0 Å². The summed E-state index contributed by atoms with van der Waals surface area (Å²) in [7, 11) is -2.84. The average molecular weight is 276 g/mol.